The summed E-state index contributed by atoms with van der Waals surface area (Å²) >= 11 is 11.3. The van der Waals surface area contributed by atoms with Gasteiger partial charge in [0, 0.05) is 31.7 Å². The number of carbonyl (C=O) groups is 2. The molecule has 5 nitrogen and oxygen atoms in total. The maximum Gasteiger partial charge on any atom is 0.261 e. The summed E-state index contributed by atoms with van der Waals surface area (Å²) in [6.07, 6.45) is 5.20. The van der Waals surface area contributed by atoms with E-state index < -0.39 is 0 Å². The summed E-state index contributed by atoms with van der Waals surface area (Å²) in [5, 5.41) is 3.64. The van der Waals surface area contributed by atoms with Gasteiger partial charge in [-0.2, -0.15) is 0 Å². The second-order valence-corrected chi connectivity index (χ2v) is 10.4. The molecule has 1 atom stereocenters. The molecule has 2 aliphatic rings. The van der Waals surface area contributed by atoms with Crippen LogP contribution < -0.4 is 15.1 Å². The Morgan fingerprint density at radius 1 is 1.14 bits per heavy atom. The minimum atomic E-state index is -0.208. The van der Waals surface area contributed by atoms with Crippen molar-refractivity contribution >= 4 is 62.1 Å². The van der Waals surface area contributed by atoms with Crippen LogP contribution in [-0.2, 0) is 4.79 Å². The molecule has 1 aromatic carbocycles. The molecule has 8 heteroatoms. The lowest BCUT2D eigenvalue weighted by molar-refractivity contribution is -0.117. The number of carbonyl (C=O) groups excluding carboxylic acids is 2. The number of amides is 2. The Morgan fingerprint density at radius 3 is 2.55 bits per heavy atom. The molecule has 3 heterocycles. The van der Waals surface area contributed by atoms with Crippen molar-refractivity contribution in [3.63, 3.8) is 0 Å². The SMILES string of the molecule is O=C(NC1CC(=O)N(c2ccc(N3CCCCCC3)c(Cl)c2)C1)c1ccc(Br)s1. The van der Waals surface area contributed by atoms with Gasteiger partial charge in [-0.05, 0) is 59.1 Å². The van der Waals surface area contributed by atoms with Gasteiger partial charge in [-0.15, -0.1) is 11.3 Å². The van der Waals surface area contributed by atoms with Gasteiger partial charge in [-0.25, -0.2) is 0 Å². The lowest BCUT2D eigenvalue weighted by atomic mass is 10.2. The smallest absolute Gasteiger partial charge is 0.261 e. The van der Waals surface area contributed by atoms with E-state index in [1.807, 2.05) is 24.3 Å². The topological polar surface area (TPSA) is 52.7 Å². The predicted molar refractivity (Wildman–Crippen MR) is 122 cm³/mol. The average molecular weight is 497 g/mol. The van der Waals surface area contributed by atoms with Crippen molar-refractivity contribution in [3.8, 4) is 0 Å². The van der Waals surface area contributed by atoms with Crippen molar-refractivity contribution in [2.45, 2.75) is 38.1 Å². The Morgan fingerprint density at radius 2 is 1.90 bits per heavy atom. The fourth-order valence-electron chi connectivity index (χ4n) is 3.98. The van der Waals surface area contributed by atoms with Gasteiger partial charge in [0.25, 0.3) is 5.91 Å². The van der Waals surface area contributed by atoms with Crippen LogP contribution in [0.1, 0.15) is 41.8 Å². The Bertz CT molecular complexity index is 911. The monoisotopic (exact) mass is 495 g/mol. The van der Waals surface area contributed by atoms with E-state index in [0.29, 0.717) is 22.9 Å². The van der Waals surface area contributed by atoms with E-state index >= 15 is 0 Å². The summed E-state index contributed by atoms with van der Waals surface area (Å²) in [5.74, 6) is -0.142. The Balaban J connectivity index is 1.43. The van der Waals surface area contributed by atoms with E-state index in [0.717, 1.165) is 28.3 Å². The van der Waals surface area contributed by atoms with Gasteiger partial charge in [-0.3, -0.25) is 9.59 Å². The highest BCUT2D eigenvalue weighted by Gasteiger charge is 2.32. The van der Waals surface area contributed by atoms with Crippen molar-refractivity contribution < 1.29 is 9.59 Å². The first-order valence-corrected chi connectivity index (χ1v) is 11.9. The number of nitrogens with one attached hydrogen (secondary N) is 1. The summed E-state index contributed by atoms with van der Waals surface area (Å²) in [5.41, 5.74) is 1.83. The van der Waals surface area contributed by atoms with E-state index in [9.17, 15) is 9.59 Å². The number of thiophene rings is 1. The van der Waals surface area contributed by atoms with Crippen molar-refractivity contribution in [1.29, 1.82) is 0 Å². The van der Waals surface area contributed by atoms with Crippen LogP contribution in [0.15, 0.2) is 34.1 Å². The molecule has 154 valence electrons. The number of rotatable bonds is 4. The molecule has 0 radical (unpaired) electrons. The van der Waals surface area contributed by atoms with Gasteiger partial charge in [0.2, 0.25) is 5.91 Å². The fourth-order valence-corrected chi connectivity index (χ4v) is 5.56. The lowest BCUT2D eigenvalue weighted by Gasteiger charge is -2.25. The van der Waals surface area contributed by atoms with Gasteiger partial charge >= 0.3 is 0 Å². The Labute approximate surface area is 188 Å². The highest BCUT2D eigenvalue weighted by atomic mass is 79.9. The molecule has 0 bridgehead atoms. The second-order valence-electron chi connectivity index (χ2n) is 7.52. The molecule has 2 amide bonds. The van der Waals surface area contributed by atoms with Crippen LogP contribution in [0.3, 0.4) is 0 Å². The van der Waals surface area contributed by atoms with Crippen LogP contribution in [-0.4, -0.2) is 37.5 Å². The Hall–Kier alpha value is -1.57. The van der Waals surface area contributed by atoms with E-state index in [-0.39, 0.29) is 17.9 Å². The minimum absolute atomic E-state index is 0.00116. The highest BCUT2D eigenvalue weighted by Crippen LogP contribution is 2.33. The van der Waals surface area contributed by atoms with Crippen LogP contribution in [0.25, 0.3) is 0 Å². The normalized spacial score (nSPS) is 20.1. The molecule has 1 N–H and O–H groups in total. The number of hydrogen-bond acceptors (Lipinski definition) is 4. The first kappa shape index (κ1) is 20.7. The van der Waals surface area contributed by atoms with Crippen molar-refractivity contribution in [2.75, 3.05) is 29.4 Å². The molecule has 0 spiro atoms. The predicted octanol–water partition coefficient (Wildman–Crippen LogP) is 5.08. The summed E-state index contributed by atoms with van der Waals surface area (Å²) in [6, 6.07) is 9.27. The van der Waals surface area contributed by atoms with E-state index in [4.69, 9.17) is 11.6 Å². The van der Waals surface area contributed by atoms with Crippen LogP contribution in [0, 0.1) is 0 Å². The second kappa shape index (κ2) is 9.06. The van der Waals surface area contributed by atoms with Gasteiger partial charge in [-0.1, -0.05) is 24.4 Å². The first-order chi connectivity index (χ1) is 14.0. The molecule has 1 unspecified atom stereocenters. The summed E-state index contributed by atoms with van der Waals surface area (Å²) in [6.45, 7) is 2.50. The molecule has 0 aliphatic carbocycles. The maximum atomic E-state index is 12.6. The number of hydrogen-bond donors (Lipinski definition) is 1. The standard InChI is InChI=1S/C21H23BrClN3O2S/c22-19-8-7-18(29-19)21(28)24-14-11-20(27)26(13-14)15-5-6-17(16(23)12-15)25-9-3-1-2-4-10-25/h5-8,12,14H,1-4,9-11,13H2,(H,24,28). The minimum Gasteiger partial charge on any atom is -0.370 e. The van der Waals surface area contributed by atoms with E-state index in [1.165, 1.54) is 37.0 Å². The van der Waals surface area contributed by atoms with Crippen LogP contribution in [0.2, 0.25) is 5.02 Å². The van der Waals surface area contributed by atoms with Gasteiger partial charge in [0.15, 0.2) is 0 Å². The van der Waals surface area contributed by atoms with Gasteiger partial charge in [0.05, 0.1) is 25.4 Å². The first-order valence-electron chi connectivity index (χ1n) is 9.92. The van der Waals surface area contributed by atoms with Crippen molar-refractivity contribution in [3.05, 3.63) is 44.0 Å². The third kappa shape index (κ3) is 4.78. The fraction of sp³-hybridized carbons (Fsp3) is 0.429. The maximum absolute atomic E-state index is 12.6. The quantitative estimate of drug-likeness (QED) is 0.642. The number of halogens is 2. The lowest BCUT2D eigenvalue weighted by Crippen LogP contribution is -2.36. The third-order valence-electron chi connectivity index (χ3n) is 5.45. The molecule has 0 saturated carbocycles. The number of nitrogens with zero attached hydrogens (tertiary/aromatic N) is 2. The zero-order valence-electron chi connectivity index (χ0n) is 16.0. The molecule has 29 heavy (non-hydrogen) atoms. The van der Waals surface area contributed by atoms with Crippen LogP contribution in [0.4, 0.5) is 11.4 Å². The van der Waals surface area contributed by atoms with Crippen molar-refractivity contribution in [1.82, 2.24) is 5.32 Å². The highest BCUT2D eigenvalue weighted by molar-refractivity contribution is 9.11. The average Bonchev–Trinajstić information content (AvgIpc) is 3.17. The summed E-state index contributed by atoms with van der Waals surface area (Å²) in [4.78, 5) is 29.6. The molecule has 2 aliphatic heterocycles. The molecule has 1 aromatic heterocycles. The summed E-state index contributed by atoms with van der Waals surface area (Å²) in [7, 11) is 0. The van der Waals surface area contributed by atoms with Crippen molar-refractivity contribution in [2.24, 2.45) is 0 Å². The van der Waals surface area contributed by atoms with Gasteiger partial charge in [0.1, 0.15) is 0 Å². The van der Waals surface area contributed by atoms with Crippen LogP contribution >= 0.6 is 38.9 Å². The molecule has 4 rings (SSSR count). The molecule has 2 saturated heterocycles. The van der Waals surface area contributed by atoms with E-state index in [1.54, 1.807) is 11.0 Å². The zero-order valence-corrected chi connectivity index (χ0v) is 19.2. The zero-order chi connectivity index (χ0) is 20.4. The molecular formula is C21H23BrClN3O2S. The molecule has 2 fully saturated rings. The summed E-state index contributed by atoms with van der Waals surface area (Å²) < 4.78 is 0.908. The largest absolute Gasteiger partial charge is 0.370 e. The van der Waals surface area contributed by atoms with Gasteiger partial charge < -0.3 is 15.1 Å². The Kier molecular flexibility index (Phi) is 6.47. The molecular weight excluding hydrogens is 474 g/mol. The number of benzene rings is 1. The molecule has 2 aromatic rings. The number of anilines is 2. The third-order valence-corrected chi connectivity index (χ3v) is 7.37. The van der Waals surface area contributed by atoms with E-state index in [2.05, 4.69) is 26.1 Å². The van der Waals surface area contributed by atoms with Crippen LogP contribution in [0.5, 0.6) is 0 Å².